The number of hydrogen-bond donors (Lipinski definition) is 1. The molecule has 0 atom stereocenters. The van der Waals surface area contributed by atoms with E-state index in [0.717, 1.165) is 0 Å². The molecule has 0 bridgehead atoms. The summed E-state index contributed by atoms with van der Waals surface area (Å²) in [4.78, 5) is 29.6. The van der Waals surface area contributed by atoms with Gasteiger partial charge in [-0.2, -0.15) is 0 Å². The molecule has 3 aromatic rings. The van der Waals surface area contributed by atoms with Crippen molar-refractivity contribution in [2.45, 2.75) is 11.5 Å². The molecule has 7 heteroatoms. The van der Waals surface area contributed by atoms with E-state index in [-0.39, 0.29) is 18.3 Å². The Morgan fingerprint density at radius 1 is 1.03 bits per heavy atom. The highest BCUT2D eigenvalue weighted by Gasteiger charge is 2.14. The van der Waals surface area contributed by atoms with Gasteiger partial charge in [0.2, 0.25) is 5.91 Å². The highest BCUT2D eigenvalue weighted by Crippen LogP contribution is 2.24. The van der Waals surface area contributed by atoms with Gasteiger partial charge in [-0.05, 0) is 36.4 Å². The van der Waals surface area contributed by atoms with Crippen LogP contribution in [0, 0.1) is 0 Å². The molecule has 1 aromatic heterocycles. The molecule has 0 aliphatic carbocycles. The first-order valence-electron chi connectivity index (χ1n) is 8.88. The van der Waals surface area contributed by atoms with Crippen LogP contribution in [0.1, 0.15) is 16.1 Å². The second-order valence-electron chi connectivity index (χ2n) is 5.96. The number of nitrogens with one attached hydrogen (secondary N) is 1. The van der Waals surface area contributed by atoms with Crippen molar-refractivity contribution in [3.8, 4) is 5.75 Å². The number of methoxy groups -OCH3 is 1. The summed E-state index contributed by atoms with van der Waals surface area (Å²) in [7, 11) is 1.57. The third-order valence-corrected chi connectivity index (χ3v) is 4.97. The van der Waals surface area contributed by atoms with E-state index in [1.165, 1.54) is 11.8 Å². The molecule has 0 fully saturated rings. The maximum Gasteiger partial charge on any atom is 0.339 e. The molecule has 0 radical (unpaired) electrons. The van der Waals surface area contributed by atoms with Crippen molar-refractivity contribution in [3.05, 3.63) is 84.2 Å². The van der Waals surface area contributed by atoms with Gasteiger partial charge in [-0.25, -0.2) is 4.79 Å². The van der Waals surface area contributed by atoms with Gasteiger partial charge in [0.1, 0.15) is 12.4 Å². The van der Waals surface area contributed by atoms with Gasteiger partial charge in [0.25, 0.3) is 0 Å². The zero-order valence-corrected chi connectivity index (χ0v) is 16.6. The van der Waals surface area contributed by atoms with Gasteiger partial charge in [0, 0.05) is 22.8 Å². The van der Waals surface area contributed by atoms with Gasteiger partial charge in [-0.3, -0.25) is 9.78 Å². The smallest absolute Gasteiger partial charge is 0.339 e. The number of nitrogens with zero attached hydrogens (tertiary/aromatic N) is 1. The largest absolute Gasteiger partial charge is 0.497 e. The first kappa shape index (κ1) is 20.4. The fraction of sp³-hybridized carbons (Fsp3) is 0.136. The summed E-state index contributed by atoms with van der Waals surface area (Å²) in [6.07, 6.45) is 1.65. The summed E-state index contributed by atoms with van der Waals surface area (Å²) < 4.78 is 10.5. The van der Waals surface area contributed by atoms with Crippen LogP contribution in [-0.4, -0.2) is 29.7 Å². The van der Waals surface area contributed by atoms with Gasteiger partial charge in [0.15, 0.2) is 0 Å². The topological polar surface area (TPSA) is 77.5 Å². The minimum atomic E-state index is -0.452. The van der Waals surface area contributed by atoms with Crippen LogP contribution in [0.5, 0.6) is 5.75 Å². The molecule has 1 amide bonds. The molecule has 3 rings (SSSR count). The van der Waals surface area contributed by atoms with Gasteiger partial charge < -0.3 is 14.8 Å². The standard InChI is InChI=1S/C22H20N2O4S/c1-27-18-9-6-8-16(13-18)24-21(25)15-29-20-11-3-2-10-19(20)22(26)28-14-17-7-4-5-12-23-17/h2-13H,14-15H2,1H3,(H,24,25). The molecule has 0 aliphatic heterocycles. The van der Waals surface area contributed by atoms with E-state index in [2.05, 4.69) is 10.3 Å². The fourth-order valence-electron chi connectivity index (χ4n) is 2.50. The average molecular weight is 408 g/mol. The second-order valence-corrected chi connectivity index (χ2v) is 6.98. The fourth-order valence-corrected chi connectivity index (χ4v) is 3.34. The number of pyridine rings is 1. The Balaban J connectivity index is 1.58. The average Bonchev–Trinajstić information content (AvgIpc) is 2.77. The zero-order valence-electron chi connectivity index (χ0n) is 15.8. The van der Waals surface area contributed by atoms with E-state index >= 15 is 0 Å². The molecule has 148 valence electrons. The number of esters is 1. The zero-order chi connectivity index (χ0) is 20.5. The summed E-state index contributed by atoms with van der Waals surface area (Å²) in [5, 5.41) is 2.82. The van der Waals surface area contributed by atoms with Crippen LogP contribution >= 0.6 is 11.8 Å². The van der Waals surface area contributed by atoms with E-state index in [9.17, 15) is 9.59 Å². The quantitative estimate of drug-likeness (QED) is 0.445. The Labute approximate surface area is 173 Å². The summed E-state index contributed by atoms with van der Waals surface area (Å²) >= 11 is 1.27. The highest BCUT2D eigenvalue weighted by atomic mass is 32.2. The lowest BCUT2D eigenvalue weighted by Crippen LogP contribution is -2.14. The number of aromatic nitrogens is 1. The molecular formula is C22H20N2O4S. The minimum Gasteiger partial charge on any atom is -0.497 e. The van der Waals surface area contributed by atoms with Crippen molar-refractivity contribution in [2.75, 3.05) is 18.2 Å². The molecule has 0 saturated heterocycles. The third-order valence-electron chi connectivity index (χ3n) is 3.90. The lowest BCUT2D eigenvalue weighted by molar-refractivity contribution is -0.113. The molecule has 1 N–H and O–H groups in total. The summed E-state index contributed by atoms with van der Waals surface area (Å²) in [5.74, 6) is 0.185. The van der Waals surface area contributed by atoms with E-state index in [1.54, 1.807) is 67.9 Å². The van der Waals surface area contributed by atoms with E-state index in [0.29, 0.717) is 27.6 Å². The number of rotatable bonds is 8. The van der Waals surface area contributed by atoms with Crippen LogP contribution in [0.25, 0.3) is 0 Å². The first-order chi connectivity index (χ1) is 14.2. The number of carbonyl (C=O) groups is 2. The Hall–Kier alpha value is -3.32. The summed E-state index contributed by atoms with van der Waals surface area (Å²) in [5.41, 5.74) is 1.74. The number of benzene rings is 2. The second kappa shape index (κ2) is 10.3. The Bertz CT molecular complexity index is 979. The molecule has 29 heavy (non-hydrogen) atoms. The Kier molecular flexibility index (Phi) is 7.24. The van der Waals surface area contributed by atoms with Crippen LogP contribution in [0.2, 0.25) is 0 Å². The van der Waals surface area contributed by atoms with E-state index in [4.69, 9.17) is 9.47 Å². The number of carbonyl (C=O) groups excluding carboxylic acids is 2. The predicted molar refractivity (Wildman–Crippen MR) is 112 cm³/mol. The van der Waals surface area contributed by atoms with E-state index in [1.807, 2.05) is 12.1 Å². The maximum atomic E-state index is 12.5. The number of ether oxygens (including phenoxy) is 2. The highest BCUT2D eigenvalue weighted by molar-refractivity contribution is 8.00. The van der Waals surface area contributed by atoms with Crippen LogP contribution in [0.3, 0.4) is 0 Å². The SMILES string of the molecule is COc1cccc(NC(=O)CSc2ccccc2C(=O)OCc2ccccn2)c1. The lowest BCUT2D eigenvalue weighted by atomic mass is 10.2. The minimum absolute atomic E-state index is 0.0923. The van der Waals surface area contributed by atoms with Gasteiger partial charge in [-0.1, -0.05) is 24.3 Å². The van der Waals surface area contributed by atoms with Crippen molar-refractivity contribution in [3.63, 3.8) is 0 Å². The van der Waals surface area contributed by atoms with Crippen molar-refractivity contribution in [1.29, 1.82) is 0 Å². The third kappa shape index (κ3) is 6.08. The first-order valence-corrected chi connectivity index (χ1v) is 9.87. The monoisotopic (exact) mass is 408 g/mol. The molecular weight excluding hydrogens is 388 g/mol. The number of anilines is 1. The molecule has 0 unspecified atom stereocenters. The van der Waals surface area contributed by atoms with Crippen LogP contribution < -0.4 is 10.1 Å². The molecule has 0 aliphatic rings. The molecule has 0 saturated carbocycles. The van der Waals surface area contributed by atoms with Crippen molar-refractivity contribution in [2.24, 2.45) is 0 Å². The normalized spacial score (nSPS) is 10.2. The predicted octanol–water partition coefficient (Wildman–Crippen LogP) is 4.18. The van der Waals surface area contributed by atoms with Crippen LogP contribution in [0.4, 0.5) is 5.69 Å². The maximum absolute atomic E-state index is 12.5. The van der Waals surface area contributed by atoms with Gasteiger partial charge in [-0.15, -0.1) is 11.8 Å². The van der Waals surface area contributed by atoms with Crippen LogP contribution in [-0.2, 0) is 16.1 Å². The van der Waals surface area contributed by atoms with Crippen molar-refractivity contribution in [1.82, 2.24) is 4.98 Å². The van der Waals surface area contributed by atoms with Crippen molar-refractivity contribution >= 4 is 29.3 Å². The van der Waals surface area contributed by atoms with Crippen LogP contribution in [0.15, 0.2) is 77.8 Å². The van der Waals surface area contributed by atoms with Crippen molar-refractivity contribution < 1.29 is 19.1 Å². The summed E-state index contributed by atoms with van der Waals surface area (Å²) in [6, 6.07) is 19.6. The lowest BCUT2D eigenvalue weighted by Gasteiger charge is -2.10. The number of hydrogen-bond acceptors (Lipinski definition) is 6. The summed E-state index contributed by atoms with van der Waals surface area (Å²) in [6.45, 7) is 0.0923. The Morgan fingerprint density at radius 3 is 2.66 bits per heavy atom. The molecule has 2 aromatic carbocycles. The number of thioether (sulfide) groups is 1. The molecule has 0 spiro atoms. The molecule has 6 nitrogen and oxygen atoms in total. The van der Waals surface area contributed by atoms with E-state index < -0.39 is 5.97 Å². The Morgan fingerprint density at radius 2 is 1.86 bits per heavy atom. The molecule has 1 heterocycles. The van der Waals surface area contributed by atoms with Gasteiger partial charge in [0.05, 0.1) is 24.1 Å². The number of amides is 1. The van der Waals surface area contributed by atoms with Gasteiger partial charge >= 0.3 is 5.97 Å².